The minimum atomic E-state index is -5.03. The van der Waals surface area contributed by atoms with Crippen LogP contribution in [0.5, 0.6) is 0 Å². The van der Waals surface area contributed by atoms with Gasteiger partial charge >= 0.3 is 12.1 Å². The Morgan fingerprint density at radius 3 is 1.73 bits per heavy atom. The van der Waals surface area contributed by atoms with Crippen LogP contribution < -0.4 is 0 Å². The number of hydrogen-bond acceptors (Lipinski definition) is 2. The van der Waals surface area contributed by atoms with Gasteiger partial charge in [-0.05, 0) is 0 Å². The van der Waals surface area contributed by atoms with Crippen molar-refractivity contribution in [2.24, 2.45) is 0 Å². The van der Waals surface area contributed by atoms with E-state index in [9.17, 15) is 22.8 Å². The minimum Gasteiger partial charge on any atom is -0.481 e. The highest BCUT2D eigenvalue weighted by Gasteiger charge is 2.39. The number of halogens is 3. The zero-order chi connectivity index (χ0) is 8.36. The number of hydrogen-bond donors (Lipinski definition) is 1. The maximum atomic E-state index is 11.2. The number of aliphatic carboxylic acids is 1. The number of carboxylic acids is 1. The van der Waals surface area contributed by atoms with Crippen molar-refractivity contribution in [2.75, 3.05) is 0 Å². The predicted molar refractivity (Wildman–Crippen MR) is 33.3 cm³/mol. The molecule has 0 rings (SSSR count). The molecule has 0 heterocycles. The van der Waals surface area contributed by atoms with Crippen molar-refractivity contribution in [2.45, 2.75) is 12.6 Å². The van der Waals surface area contributed by atoms with E-state index in [1.165, 1.54) is 0 Å². The van der Waals surface area contributed by atoms with Crippen LogP contribution in [-0.2, 0) is 9.59 Å². The number of carbonyl (C=O) groups is 2. The van der Waals surface area contributed by atoms with Crippen LogP contribution in [0.3, 0.4) is 0 Å². The molecule has 0 aromatic carbocycles. The lowest BCUT2D eigenvalue weighted by molar-refractivity contribution is -0.173. The maximum Gasteiger partial charge on any atom is 0.450 e. The van der Waals surface area contributed by atoms with Crippen LogP contribution in [0.1, 0.15) is 6.42 Å². The van der Waals surface area contributed by atoms with Gasteiger partial charge in [-0.25, -0.2) is 0 Å². The van der Waals surface area contributed by atoms with Crippen LogP contribution in [0.15, 0.2) is 0 Å². The third-order valence-electron chi connectivity index (χ3n) is 0.628. The summed E-state index contributed by atoms with van der Waals surface area (Å²) in [6.07, 6.45) is -6.53. The molecule has 0 atom stereocenters. The fourth-order valence-electron chi connectivity index (χ4n) is 0.238. The summed E-state index contributed by atoms with van der Waals surface area (Å²) >= 11 is 0. The fourth-order valence-corrected chi connectivity index (χ4v) is 0.238. The minimum absolute atomic E-state index is 0. The second-order valence-corrected chi connectivity index (χ2v) is 1.49. The van der Waals surface area contributed by atoms with E-state index in [-0.39, 0.29) is 17.4 Å². The Balaban J connectivity index is 0. The number of rotatable bonds is 2. The van der Waals surface area contributed by atoms with Gasteiger partial charge in [-0.1, -0.05) is 0 Å². The number of Topliss-reactive ketones (excluding diaryl/α,β-unsaturated/α-hetero) is 1. The first-order valence-electron chi connectivity index (χ1n) is 2.16. The summed E-state index contributed by atoms with van der Waals surface area (Å²) in [5.74, 6) is -4.01. The standard InChI is InChI=1S/C4H3F3O3.Al.3H/c5-4(6,7)2(8)1-3(9)10;;;;/h1H2,(H,9,10);;;;. The van der Waals surface area contributed by atoms with Gasteiger partial charge in [0.05, 0.1) is 0 Å². The van der Waals surface area contributed by atoms with Crippen molar-refractivity contribution in [3.8, 4) is 0 Å². The highest BCUT2D eigenvalue weighted by Crippen LogP contribution is 2.17. The van der Waals surface area contributed by atoms with E-state index in [0.717, 1.165) is 0 Å². The Kier molecular flexibility index (Phi) is 5.19. The molecule has 0 bridgehead atoms. The average Bonchev–Trinajstić information content (AvgIpc) is 1.60. The van der Waals surface area contributed by atoms with Crippen LogP contribution in [-0.4, -0.2) is 40.4 Å². The Labute approximate surface area is 70.3 Å². The molecule has 0 unspecified atom stereocenters. The quantitative estimate of drug-likeness (QED) is 0.463. The van der Waals surface area contributed by atoms with E-state index < -0.39 is 24.3 Å². The molecular weight excluding hydrogens is 180 g/mol. The molecule has 0 aromatic rings. The van der Waals surface area contributed by atoms with Gasteiger partial charge in [0.15, 0.2) is 17.4 Å². The summed E-state index contributed by atoms with van der Waals surface area (Å²) in [5.41, 5.74) is 0. The number of alkyl halides is 3. The second-order valence-electron chi connectivity index (χ2n) is 1.49. The number of carbonyl (C=O) groups excluding carboxylic acids is 1. The van der Waals surface area contributed by atoms with Crippen LogP contribution in [0, 0.1) is 0 Å². The Morgan fingerprint density at radius 2 is 1.64 bits per heavy atom. The SMILES string of the molecule is O=C(O)CC(=O)C(F)(F)F.[AlH3]. The van der Waals surface area contributed by atoms with Gasteiger partial charge in [0.1, 0.15) is 6.42 Å². The third kappa shape index (κ3) is 5.89. The first-order valence-corrected chi connectivity index (χ1v) is 2.16. The predicted octanol–water partition coefficient (Wildman–Crippen LogP) is -0.591. The van der Waals surface area contributed by atoms with E-state index in [0.29, 0.717) is 0 Å². The zero-order valence-corrected chi connectivity index (χ0v) is 4.60. The molecule has 0 aromatic heterocycles. The third-order valence-corrected chi connectivity index (χ3v) is 0.628. The fraction of sp³-hybridized carbons (Fsp3) is 0.500. The first-order chi connectivity index (χ1) is 4.34. The van der Waals surface area contributed by atoms with Crippen LogP contribution in [0.2, 0.25) is 0 Å². The number of ketones is 1. The maximum absolute atomic E-state index is 11.2. The number of carboxylic acid groups (broad SMARTS) is 1. The summed E-state index contributed by atoms with van der Waals surface area (Å²) < 4.78 is 33.6. The molecule has 0 aliphatic rings. The Bertz CT molecular complexity index is 164. The molecule has 0 spiro atoms. The summed E-state index contributed by atoms with van der Waals surface area (Å²) in [4.78, 5) is 19.3. The lowest BCUT2D eigenvalue weighted by Crippen LogP contribution is -2.24. The zero-order valence-electron chi connectivity index (χ0n) is 4.60. The van der Waals surface area contributed by atoms with Crippen LogP contribution >= 0.6 is 0 Å². The van der Waals surface area contributed by atoms with Gasteiger partial charge in [0.25, 0.3) is 0 Å². The van der Waals surface area contributed by atoms with Gasteiger partial charge in [0, 0.05) is 0 Å². The smallest absolute Gasteiger partial charge is 0.450 e. The van der Waals surface area contributed by atoms with Crippen molar-refractivity contribution >= 4 is 29.1 Å². The highest BCUT2D eigenvalue weighted by atomic mass is 27.0. The van der Waals surface area contributed by atoms with Gasteiger partial charge in [-0.3, -0.25) is 9.59 Å². The summed E-state index contributed by atoms with van der Waals surface area (Å²) in [7, 11) is 0. The molecule has 0 aliphatic heterocycles. The average molecular weight is 186 g/mol. The van der Waals surface area contributed by atoms with Crippen molar-refractivity contribution in [3.63, 3.8) is 0 Å². The molecule has 3 nitrogen and oxygen atoms in total. The van der Waals surface area contributed by atoms with Crippen LogP contribution in [0.25, 0.3) is 0 Å². The molecule has 0 saturated carbocycles. The van der Waals surface area contributed by atoms with E-state index in [1.54, 1.807) is 0 Å². The molecule has 0 radical (unpaired) electrons. The largest absolute Gasteiger partial charge is 0.481 e. The second kappa shape index (κ2) is 4.36. The van der Waals surface area contributed by atoms with Crippen molar-refractivity contribution < 1.29 is 27.9 Å². The molecule has 64 valence electrons. The topological polar surface area (TPSA) is 54.4 Å². The molecule has 1 N–H and O–H groups in total. The summed E-state index contributed by atoms with van der Waals surface area (Å²) in [5, 5.41) is 7.73. The van der Waals surface area contributed by atoms with E-state index in [2.05, 4.69) is 0 Å². The van der Waals surface area contributed by atoms with Crippen molar-refractivity contribution in [3.05, 3.63) is 0 Å². The van der Waals surface area contributed by atoms with E-state index in [1.807, 2.05) is 0 Å². The van der Waals surface area contributed by atoms with E-state index in [4.69, 9.17) is 5.11 Å². The molecule has 0 amide bonds. The Hall–Kier alpha value is -0.538. The molecule has 7 heteroatoms. The Morgan fingerprint density at radius 1 is 1.27 bits per heavy atom. The monoisotopic (exact) mass is 186 g/mol. The van der Waals surface area contributed by atoms with Gasteiger partial charge in [-0.15, -0.1) is 0 Å². The van der Waals surface area contributed by atoms with Gasteiger partial charge in [0.2, 0.25) is 5.78 Å². The first kappa shape index (κ1) is 13.1. The van der Waals surface area contributed by atoms with Crippen molar-refractivity contribution in [1.29, 1.82) is 0 Å². The normalized spacial score (nSPS) is 10.1. The lowest BCUT2D eigenvalue weighted by atomic mass is 10.3. The highest BCUT2D eigenvalue weighted by molar-refractivity contribution is 5.97. The van der Waals surface area contributed by atoms with Crippen molar-refractivity contribution in [1.82, 2.24) is 0 Å². The summed E-state index contributed by atoms with van der Waals surface area (Å²) in [6, 6.07) is 0. The molecule has 0 saturated heterocycles. The van der Waals surface area contributed by atoms with Crippen LogP contribution in [0.4, 0.5) is 13.2 Å². The van der Waals surface area contributed by atoms with Gasteiger partial charge in [-0.2, -0.15) is 13.2 Å². The van der Waals surface area contributed by atoms with E-state index >= 15 is 0 Å². The molecule has 11 heavy (non-hydrogen) atoms. The lowest BCUT2D eigenvalue weighted by Gasteiger charge is -2.00. The molecule has 0 fully saturated rings. The molecule has 0 aliphatic carbocycles. The summed E-state index contributed by atoms with van der Waals surface area (Å²) in [6.45, 7) is 0. The molecular formula is C4H6AlF3O3. The van der Waals surface area contributed by atoms with Gasteiger partial charge < -0.3 is 5.11 Å².